The molecule has 2 aliphatic heterocycles. The average Bonchev–Trinajstić information content (AvgIpc) is 3.13. The third-order valence-electron chi connectivity index (χ3n) is 4.91. The molecule has 146 valence electrons. The third kappa shape index (κ3) is 5.72. The number of non-ortho nitro benzene ring substituents is 1. The summed E-state index contributed by atoms with van der Waals surface area (Å²) in [6.45, 7) is 3.86. The van der Waals surface area contributed by atoms with Crippen molar-refractivity contribution in [1.29, 1.82) is 0 Å². The highest BCUT2D eigenvalue weighted by atomic mass is 35.5. The maximum Gasteiger partial charge on any atom is 0.271 e. The third-order valence-corrected chi connectivity index (χ3v) is 4.91. The predicted molar refractivity (Wildman–Crippen MR) is 107 cm³/mol. The van der Waals surface area contributed by atoms with E-state index < -0.39 is 0 Å². The van der Waals surface area contributed by atoms with Gasteiger partial charge in [-0.3, -0.25) is 14.9 Å². The second-order valence-corrected chi connectivity index (χ2v) is 6.48. The molecule has 2 saturated heterocycles. The molecule has 9 heteroatoms. The summed E-state index contributed by atoms with van der Waals surface area (Å²) in [7, 11) is 0. The summed E-state index contributed by atoms with van der Waals surface area (Å²) in [5, 5.41) is 14.3. The Bertz CT molecular complexity index is 603. The van der Waals surface area contributed by atoms with Crippen LogP contribution in [0, 0.1) is 10.1 Å². The van der Waals surface area contributed by atoms with Crippen LogP contribution >= 0.6 is 24.8 Å². The number of nitro benzene ring substituents is 1. The summed E-state index contributed by atoms with van der Waals surface area (Å²) >= 11 is 0. The van der Waals surface area contributed by atoms with E-state index in [0.29, 0.717) is 38.6 Å². The summed E-state index contributed by atoms with van der Waals surface area (Å²) in [5.41, 5.74) is 0.960. The Morgan fingerprint density at radius 3 is 2.58 bits per heavy atom. The maximum absolute atomic E-state index is 12.3. The Labute approximate surface area is 166 Å². The van der Waals surface area contributed by atoms with Crippen LogP contribution in [0.2, 0.25) is 0 Å². The molecule has 0 bridgehead atoms. The minimum absolute atomic E-state index is 0. The number of carbonyl (C=O) groups excluding carboxylic acids is 1. The van der Waals surface area contributed by atoms with Gasteiger partial charge in [0.25, 0.3) is 5.69 Å². The van der Waals surface area contributed by atoms with Gasteiger partial charge in [0.1, 0.15) is 0 Å². The molecule has 2 fully saturated rings. The molecule has 2 heterocycles. The zero-order chi connectivity index (χ0) is 16.9. The van der Waals surface area contributed by atoms with Crippen LogP contribution in [0.4, 0.5) is 11.4 Å². The highest BCUT2D eigenvalue weighted by molar-refractivity contribution is 5.85. The van der Waals surface area contributed by atoms with Gasteiger partial charge >= 0.3 is 0 Å². The van der Waals surface area contributed by atoms with E-state index in [-0.39, 0.29) is 41.3 Å². The molecular weight excluding hydrogens is 379 g/mol. The van der Waals surface area contributed by atoms with Crippen molar-refractivity contribution in [2.75, 3.05) is 37.6 Å². The lowest BCUT2D eigenvalue weighted by molar-refractivity contribution is -0.384. The number of nitrogens with one attached hydrogen (secondary N) is 1. The second kappa shape index (κ2) is 10.5. The molecule has 0 aromatic heterocycles. The number of nitrogens with zero attached hydrogens (tertiary/aromatic N) is 3. The molecule has 1 unspecified atom stereocenters. The molecule has 0 aliphatic carbocycles. The van der Waals surface area contributed by atoms with E-state index in [2.05, 4.69) is 10.2 Å². The Hall–Kier alpha value is -1.57. The van der Waals surface area contributed by atoms with Gasteiger partial charge < -0.3 is 15.1 Å². The van der Waals surface area contributed by atoms with Gasteiger partial charge in [-0.25, -0.2) is 0 Å². The van der Waals surface area contributed by atoms with Crippen LogP contribution in [0.5, 0.6) is 0 Å². The Balaban J connectivity index is 0.00000169. The first-order chi connectivity index (χ1) is 11.6. The molecule has 0 saturated carbocycles. The van der Waals surface area contributed by atoms with Gasteiger partial charge in [-0.05, 0) is 31.9 Å². The van der Waals surface area contributed by atoms with Gasteiger partial charge in [-0.15, -0.1) is 24.8 Å². The number of benzene rings is 1. The van der Waals surface area contributed by atoms with E-state index in [1.54, 1.807) is 12.1 Å². The van der Waals surface area contributed by atoms with Gasteiger partial charge in [0, 0.05) is 56.5 Å². The van der Waals surface area contributed by atoms with E-state index >= 15 is 0 Å². The number of halogens is 2. The molecule has 0 radical (unpaired) electrons. The van der Waals surface area contributed by atoms with Crippen LogP contribution in [-0.2, 0) is 4.79 Å². The van der Waals surface area contributed by atoms with Crippen molar-refractivity contribution in [2.24, 2.45) is 0 Å². The van der Waals surface area contributed by atoms with Crippen molar-refractivity contribution in [3.05, 3.63) is 34.4 Å². The minimum Gasteiger partial charge on any atom is -0.368 e. The second-order valence-electron chi connectivity index (χ2n) is 6.48. The molecule has 1 atom stereocenters. The van der Waals surface area contributed by atoms with E-state index in [9.17, 15) is 14.9 Å². The maximum atomic E-state index is 12.3. The molecule has 1 aromatic carbocycles. The van der Waals surface area contributed by atoms with Crippen LogP contribution in [0.1, 0.15) is 25.7 Å². The lowest BCUT2D eigenvalue weighted by Gasteiger charge is -2.36. The van der Waals surface area contributed by atoms with E-state index in [0.717, 1.165) is 18.7 Å². The summed E-state index contributed by atoms with van der Waals surface area (Å²) in [6.07, 6.45) is 3.91. The molecule has 7 nitrogen and oxygen atoms in total. The Morgan fingerprint density at radius 1 is 1.23 bits per heavy atom. The number of hydrogen-bond donors (Lipinski definition) is 1. The minimum atomic E-state index is -0.375. The number of piperazine rings is 1. The normalized spacial score (nSPS) is 19.5. The number of anilines is 1. The molecule has 0 spiro atoms. The Kier molecular flexibility index (Phi) is 9.12. The highest BCUT2D eigenvalue weighted by Gasteiger charge is 2.23. The first-order valence-corrected chi connectivity index (χ1v) is 8.64. The number of amides is 1. The highest BCUT2D eigenvalue weighted by Crippen LogP contribution is 2.22. The first kappa shape index (κ1) is 22.5. The molecule has 3 rings (SSSR count). The summed E-state index contributed by atoms with van der Waals surface area (Å²) < 4.78 is 0. The summed E-state index contributed by atoms with van der Waals surface area (Å²) in [6, 6.07) is 7.19. The van der Waals surface area contributed by atoms with Gasteiger partial charge in [-0.1, -0.05) is 6.07 Å². The van der Waals surface area contributed by atoms with Crippen molar-refractivity contribution in [3.63, 3.8) is 0 Å². The van der Waals surface area contributed by atoms with Crippen LogP contribution in [0.15, 0.2) is 24.3 Å². The number of carbonyl (C=O) groups is 1. The molecular formula is C17H26Cl2N4O3. The standard InChI is InChI=1S/C17H24N4O3.2ClH/c22-17(7-6-14-3-2-8-18-14)20-11-9-19(10-12-20)15-4-1-5-16(13-15)21(23)24;;/h1,4-5,13-14,18H,2-3,6-12H2;2*1H. The zero-order valence-corrected chi connectivity index (χ0v) is 16.3. The van der Waals surface area contributed by atoms with Crippen LogP contribution in [-0.4, -0.2) is 54.5 Å². The fraction of sp³-hybridized carbons (Fsp3) is 0.588. The van der Waals surface area contributed by atoms with Crippen molar-refractivity contribution >= 4 is 42.1 Å². The van der Waals surface area contributed by atoms with E-state index in [1.807, 2.05) is 11.0 Å². The molecule has 1 amide bonds. The summed E-state index contributed by atoms with van der Waals surface area (Å²) in [5.74, 6) is 0.224. The molecule has 26 heavy (non-hydrogen) atoms. The summed E-state index contributed by atoms with van der Waals surface area (Å²) in [4.78, 5) is 26.9. The zero-order valence-electron chi connectivity index (χ0n) is 14.6. The van der Waals surface area contributed by atoms with Crippen molar-refractivity contribution in [2.45, 2.75) is 31.7 Å². The number of hydrogen-bond acceptors (Lipinski definition) is 5. The Morgan fingerprint density at radius 2 is 1.96 bits per heavy atom. The van der Waals surface area contributed by atoms with Gasteiger partial charge in [0.2, 0.25) is 5.91 Å². The lowest BCUT2D eigenvalue weighted by Crippen LogP contribution is -2.49. The monoisotopic (exact) mass is 404 g/mol. The van der Waals surface area contributed by atoms with E-state index in [1.165, 1.54) is 18.9 Å². The topological polar surface area (TPSA) is 78.7 Å². The van der Waals surface area contributed by atoms with Crippen LogP contribution in [0.25, 0.3) is 0 Å². The van der Waals surface area contributed by atoms with Gasteiger partial charge in [-0.2, -0.15) is 0 Å². The smallest absolute Gasteiger partial charge is 0.271 e. The van der Waals surface area contributed by atoms with Gasteiger partial charge in [0.15, 0.2) is 0 Å². The lowest BCUT2D eigenvalue weighted by atomic mass is 10.1. The van der Waals surface area contributed by atoms with Crippen LogP contribution < -0.4 is 10.2 Å². The van der Waals surface area contributed by atoms with Crippen LogP contribution in [0.3, 0.4) is 0 Å². The predicted octanol–water partition coefficient (Wildman–Crippen LogP) is 2.62. The largest absolute Gasteiger partial charge is 0.368 e. The van der Waals surface area contributed by atoms with E-state index in [4.69, 9.17) is 0 Å². The van der Waals surface area contributed by atoms with Crippen molar-refractivity contribution in [1.82, 2.24) is 10.2 Å². The quantitative estimate of drug-likeness (QED) is 0.602. The average molecular weight is 405 g/mol. The fourth-order valence-corrected chi connectivity index (χ4v) is 3.48. The molecule has 1 N–H and O–H groups in total. The van der Waals surface area contributed by atoms with Crippen molar-refractivity contribution in [3.8, 4) is 0 Å². The van der Waals surface area contributed by atoms with Crippen molar-refractivity contribution < 1.29 is 9.72 Å². The first-order valence-electron chi connectivity index (χ1n) is 8.64. The number of nitro groups is 1. The fourth-order valence-electron chi connectivity index (χ4n) is 3.48. The van der Waals surface area contributed by atoms with Gasteiger partial charge in [0.05, 0.1) is 4.92 Å². The molecule has 1 aromatic rings. The number of rotatable bonds is 5. The molecule has 2 aliphatic rings. The SMILES string of the molecule is Cl.Cl.O=C(CCC1CCCN1)N1CCN(c2cccc([N+](=O)[O-])c2)CC1.